The maximum Gasteiger partial charge on any atom is 0.226 e. The number of amides is 2. The summed E-state index contributed by atoms with van der Waals surface area (Å²) in [5.41, 5.74) is 2.00. The number of piperidine rings is 1. The molecule has 184 valence electrons. The quantitative estimate of drug-likeness (QED) is 0.652. The van der Waals surface area contributed by atoms with E-state index in [2.05, 4.69) is 28.0 Å². The minimum atomic E-state index is 0.146. The largest absolute Gasteiger partial charge is 0.337 e. The van der Waals surface area contributed by atoms with Crippen LogP contribution in [-0.2, 0) is 22.7 Å². The van der Waals surface area contributed by atoms with Crippen LogP contribution in [-0.4, -0.2) is 68.1 Å². The number of carbonyl (C=O) groups excluding carboxylic acids is 2. The zero-order valence-electron chi connectivity index (χ0n) is 20.6. The molecule has 1 aromatic carbocycles. The predicted octanol–water partition coefficient (Wildman–Crippen LogP) is 3.48. The lowest BCUT2D eigenvalue weighted by molar-refractivity contribution is -0.133. The van der Waals surface area contributed by atoms with E-state index >= 15 is 0 Å². The van der Waals surface area contributed by atoms with Crippen LogP contribution < -0.4 is 4.90 Å². The van der Waals surface area contributed by atoms with Gasteiger partial charge >= 0.3 is 0 Å². The summed E-state index contributed by atoms with van der Waals surface area (Å²) >= 11 is 0. The Morgan fingerprint density at radius 3 is 2.65 bits per heavy atom. The number of anilines is 1. The van der Waals surface area contributed by atoms with Crippen LogP contribution >= 0.6 is 0 Å². The molecule has 0 N–H and O–H groups in total. The van der Waals surface area contributed by atoms with Gasteiger partial charge in [-0.3, -0.25) is 19.2 Å². The summed E-state index contributed by atoms with van der Waals surface area (Å²) in [6, 6.07) is 8.93. The summed E-state index contributed by atoms with van der Waals surface area (Å²) in [4.78, 5) is 37.1. The highest BCUT2D eigenvalue weighted by atomic mass is 16.2. The number of aromatic nitrogens is 3. The van der Waals surface area contributed by atoms with E-state index in [0.29, 0.717) is 38.0 Å². The Morgan fingerprint density at radius 2 is 1.88 bits per heavy atom. The van der Waals surface area contributed by atoms with Crippen LogP contribution in [0.2, 0.25) is 0 Å². The molecule has 1 fully saturated rings. The van der Waals surface area contributed by atoms with E-state index in [1.807, 2.05) is 34.9 Å². The highest BCUT2D eigenvalue weighted by Gasteiger charge is 2.33. The molecule has 34 heavy (non-hydrogen) atoms. The summed E-state index contributed by atoms with van der Waals surface area (Å²) in [5, 5.41) is 4.15. The molecule has 4 rings (SSSR count). The molecule has 0 saturated carbocycles. The molecule has 0 aliphatic carbocycles. The lowest BCUT2D eigenvalue weighted by Gasteiger charge is -2.43. The molecule has 2 aliphatic heterocycles. The topological polar surface area (TPSA) is 74.6 Å². The first kappa shape index (κ1) is 24.4. The van der Waals surface area contributed by atoms with Crippen molar-refractivity contribution in [3.8, 4) is 0 Å². The van der Waals surface area contributed by atoms with Crippen molar-refractivity contribution in [1.29, 1.82) is 0 Å². The van der Waals surface area contributed by atoms with E-state index in [9.17, 15) is 9.59 Å². The number of benzene rings is 1. The molecule has 2 aromatic rings. The average Bonchev–Trinajstić information content (AvgIpc) is 3.37. The van der Waals surface area contributed by atoms with Gasteiger partial charge in [0.25, 0.3) is 0 Å². The fourth-order valence-electron chi connectivity index (χ4n) is 5.61. The number of fused-ring (bicyclic) bond motifs is 3. The van der Waals surface area contributed by atoms with Crippen molar-refractivity contribution in [2.75, 3.05) is 24.5 Å². The van der Waals surface area contributed by atoms with Gasteiger partial charge in [-0.05, 0) is 43.9 Å². The van der Waals surface area contributed by atoms with Gasteiger partial charge in [-0.25, -0.2) is 4.98 Å². The standard InChI is InChI=1S/C26H38N6O2/c1-3-25(33)32-16-14-22-10-7-11-23(31(22)4-2)18-29(17-21-9-5-6-12-24(21)32)26(34)13-8-15-30-20-27-19-28-30/h5-6,9,12,19-20,22-23H,3-4,7-8,10-11,13-18H2,1-2H3. The minimum Gasteiger partial charge on any atom is -0.337 e. The van der Waals surface area contributed by atoms with Gasteiger partial charge in [-0.1, -0.05) is 38.5 Å². The fraction of sp³-hybridized carbons (Fsp3) is 0.615. The maximum absolute atomic E-state index is 13.5. The van der Waals surface area contributed by atoms with Crippen molar-refractivity contribution in [3.05, 3.63) is 42.5 Å². The SMILES string of the molecule is CCC(=O)N1CCC2CCCC(CN(C(=O)CCCn3cncn3)Cc3ccccc31)N2CC. The van der Waals surface area contributed by atoms with Crippen LogP contribution in [0.15, 0.2) is 36.9 Å². The number of hydrogen-bond acceptors (Lipinski definition) is 5. The molecule has 1 aromatic heterocycles. The molecule has 8 nitrogen and oxygen atoms in total. The molecule has 8 heteroatoms. The molecular formula is C26H38N6O2. The van der Waals surface area contributed by atoms with Gasteiger partial charge in [0.15, 0.2) is 0 Å². The zero-order valence-corrected chi connectivity index (χ0v) is 20.6. The number of para-hydroxylation sites is 1. The Labute approximate surface area is 202 Å². The third-order valence-electron chi connectivity index (χ3n) is 7.34. The van der Waals surface area contributed by atoms with E-state index < -0.39 is 0 Å². The van der Waals surface area contributed by atoms with Gasteiger partial charge < -0.3 is 9.80 Å². The molecule has 2 atom stereocenters. The van der Waals surface area contributed by atoms with Crippen LogP contribution in [0.5, 0.6) is 0 Å². The second-order valence-corrected chi connectivity index (χ2v) is 9.42. The van der Waals surface area contributed by atoms with E-state index in [0.717, 1.165) is 56.6 Å². The molecule has 0 radical (unpaired) electrons. The number of rotatable bonds is 6. The smallest absolute Gasteiger partial charge is 0.226 e. The number of aryl methyl sites for hydroxylation is 1. The van der Waals surface area contributed by atoms with Gasteiger partial charge in [-0.2, -0.15) is 5.10 Å². The number of likely N-dealkylation sites (N-methyl/N-ethyl adjacent to an activating group) is 1. The number of carbonyl (C=O) groups is 2. The van der Waals surface area contributed by atoms with Crippen LogP contribution in [0.25, 0.3) is 0 Å². The van der Waals surface area contributed by atoms with Gasteiger partial charge in [0.1, 0.15) is 12.7 Å². The minimum absolute atomic E-state index is 0.146. The Kier molecular flexibility index (Phi) is 8.32. The van der Waals surface area contributed by atoms with Gasteiger partial charge in [0.05, 0.1) is 0 Å². The second-order valence-electron chi connectivity index (χ2n) is 9.42. The number of nitrogens with zero attached hydrogens (tertiary/aromatic N) is 6. The molecule has 0 spiro atoms. The lowest BCUT2D eigenvalue weighted by Crippen LogP contribution is -2.52. The van der Waals surface area contributed by atoms with Crippen LogP contribution in [0, 0.1) is 0 Å². The number of hydrogen-bond donors (Lipinski definition) is 0. The monoisotopic (exact) mass is 466 g/mol. The molecule has 3 heterocycles. The first-order valence-corrected chi connectivity index (χ1v) is 12.8. The maximum atomic E-state index is 13.5. The summed E-state index contributed by atoms with van der Waals surface area (Å²) < 4.78 is 1.77. The molecule has 1 saturated heterocycles. The van der Waals surface area contributed by atoms with Crippen molar-refractivity contribution < 1.29 is 9.59 Å². The summed E-state index contributed by atoms with van der Waals surface area (Å²) in [7, 11) is 0. The average molecular weight is 467 g/mol. The second kappa shape index (κ2) is 11.6. The molecule has 2 aliphatic rings. The molecule has 2 amide bonds. The zero-order chi connectivity index (χ0) is 23.9. The molecular weight excluding hydrogens is 428 g/mol. The lowest BCUT2D eigenvalue weighted by atomic mass is 9.93. The summed E-state index contributed by atoms with van der Waals surface area (Å²) in [5.74, 6) is 0.313. The first-order valence-electron chi connectivity index (χ1n) is 12.8. The van der Waals surface area contributed by atoms with Crippen LogP contribution in [0.3, 0.4) is 0 Å². The highest BCUT2D eigenvalue weighted by Crippen LogP contribution is 2.30. The fourth-order valence-corrected chi connectivity index (χ4v) is 5.61. The van der Waals surface area contributed by atoms with Crippen molar-refractivity contribution in [3.63, 3.8) is 0 Å². The Bertz CT molecular complexity index is 947. The van der Waals surface area contributed by atoms with Gasteiger partial charge in [-0.15, -0.1) is 0 Å². The van der Waals surface area contributed by atoms with E-state index in [1.54, 1.807) is 11.0 Å². The normalized spacial score (nSPS) is 21.6. The Hall–Kier alpha value is -2.74. The van der Waals surface area contributed by atoms with Crippen LogP contribution in [0.1, 0.15) is 64.4 Å². The summed E-state index contributed by atoms with van der Waals surface area (Å²) in [6.45, 7) is 7.80. The third kappa shape index (κ3) is 5.66. The van der Waals surface area contributed by atoms with E-state index in [-0.39, 0.29) is 11.8 Å². The third-order valence-corrected chi connectivity index (χ3v) is 7.34. The van der Waals surface area contributed by atoms with Crippen molar-refractivity contribution in [1.82, 2.24) is 24.6 Å². The van der Waals surface area contributed by atoms with E-state index in [4.69, 9.17) is 0 Å². The van der Waals surface area contributed by atoms with Crippen LogP contribution in [0.4, 0.5) is 5.69 Å². The molecule has 2 unspecified atom stereocenters. The summed E-state index contributed by atoms with van der Waals surface area (Å²) in [6.07, 6.45) is 9.31. The van der Waals surface area contributed by atoms with E-state index in [1.165, 1.54) is 12.7 Å². The Morgan fingerprint density at radius 1 is 1.06 bits per heavy atom. The first-order chi connectivity index (χ1) is 16.6. The van der Waals surface area contributed by atoms with Crippen molar-refractivity contribution in [2.45, 2.75) is 84.0 Å². The van der Waals surface area contributed by atoms with Crippen molar-refractivity contribution in [2.24, 2.45) is 0 Å². The Balaban J connectivity index is 1.61. The predicted molar refractivity (Wildman–Crippen MR) is 132 cm³/mol. The van der Waals surface area contributed by atoms with Gasteiger partial charge in [0, 0.05) is 56.8 Å². The van der Waals surface area contributed by atoms with Gasteiger partial charge in [0.2, 0.25) is 11.8 Å². The molecule has 2 bridgehead atoms. The van der Waals surface area contributed by atoms with Crippen molar-refractivity contribution >= 4 is 17.5 Å². The highest BCUT2D eigenvalue weighted by molar-refractivity contribution is 5.94.